The van der Waals surface area contributed by atoms with Crippen LogP contribution in [0, 0.1) is 0 Å². The number of fused-ring (bicyclic) bond motifs is 1. The minimum absolute atomic E-state index is 0.140. The molecule has 1 N–H and O–H groups in total. The van der Waals surface area contributed by atoms with Crippen molar-refractivity contribution in [1.82, 2.24) is 0 Å². The Morgan fingerprint density at radius 3 is 2.16 bits per heavy atom. The highest BCUT2D eigenvalue weighted by molar-refractivity contribution is 7.92. The van der Waals surface area contributed by atoms with Gasteiger partial charge in [0.1, 0.15) is 5.75 Å². The van der Waals surface area contributed by atoms with Crippen LogP contribution in [0.2, 0.25) is 0 Å². The van der Waals surface area contributed by atoms with Crippen LogP contribution in [0.5, 0.6) is 5.75 Å². The molecule has 0 spiro atoms. The number of carbonyl (C=O) groups excluding carboxylic acids is 1. The summed E-state index contributed by atoms with van der Waals surface area (Å²) < 4.78 is 69.8. The van der Waals surface area contributed by atoms with Crippen LogP contribution in [0.25, 0.3) is 0 Å². The van der Waals surface area contributed by atoms with Gasteiger partial charge in [-0.1, -0.05) is 26.8 Å². The van der Waals surface area contributed by atoms with Gasteiger partial charge in [0.2, 0.25) is 10.0 Å². The lowest BCUT2D eigenvalue weighted by Crippen LogP contribution is -2.48. The van der Waals surface area contributed by atoms with E-state index in [9.17, 15) is 26.4 Å². The molecule has 1 heterocycles. The third-order valence-electron chi connectivity index (χ3n) is 4.87. The summed E-state index contributed by atoms with van der Waals surface area (Å²) in [5.74, 6) is -0.434. The Balaban J connectivity index is 1.86. The summed E-state index contributed by atoms with van der Waals surface area (Å²) in [4.78, 5) is 12.7. The lowest BCUT2D eigenvalue weighted by Gasteiger charge is -2.35. The van der Waals surface area contributed by atoms with Crippen LogP contribution in [0.4, 0.5) is 24.5 Å². The van der Waals surface area contributed by atoms with Gasteiger partial charge in [0.05, 0.1) is 24.1 Å². The standard InChI is InChI=1S/C21H23F3N2O4S/c1-20(2,3)14-7-10-17-16(11-14)26(31(4,28)29)12-18(30-17)19(27)25-15-8-5-13(6-9-15)21(22,23)24/h5-11,18H,12H2,1-4H3,(H,25,27). The molecule has 3 rings (SSSR count). The van der Waals surface area contributed by atoms with Gasteiger partial charge in [-0.05, 0) is 47.4 Å². The second-order valence-electron chi connectivity index (χ2n) is 8.40. The van der Waals surface area contributed by atoms with Gasteiger partial charge in [-0.15, -0.1) is 0 Å². The lowest BCUT2D eigenvalue weighted by atomic mass is 9.86. The number of halogens is 3. The molecule has 0 radical (unpaired) electrons. The number of nitrogens with one attached hydrogen (secondary N) is 1. The van der Waals surface area contributed by atoms with Crippen molar-refractivity contribution < 1.29 is 31.1 Å². The zero-order chi connectivity index (χ0) is 23.2. The highest BCUT2D eigenvalue weighted by atomic mass is 32.2. The van der Waals surface area contributed by atoms with E-state index in [-0.39, 0.29) is 23.4 Å². The molecule has 1 atom stereocenters. The van der Waals surface area contributed by atoms with Crippen molar-refractivity contribution in [3.63, 3.8) is 0 Å². The minimum Gasteiger partial charge on any atom is -0.476 e. The number of anilines is 2. The minimum atomic E-state index is -4.49. The molecule has 0 saturated heterocycles. The van der Waals surface area contributed by atoms with Crippen molar-refractivity contribution in [2.45, 2.75) is 38.5 Å². The fourth-order valence-corrected chi connectivity index (χ4v) is 4.04. The van der Waals surface area contributed by atoms with Crippen LogP contribution < -0.4 is 14.4 Å². The maximum Gasteiger partial charge on any atom is 0.416 e. The van der Waals surface area contributed by atoms with Gasteiger partial charge < -0.3 is 10.1 Å². The molecule has 0 saturated carbocycles. The number of alkyl halides is 3. The van der Waals surface area contributed by atoms with E-state index in [1.807, 2.05) is 20.8 Å². The van der Waals surface area contributed by atoms with E-state index in [4.69, 9.17) is 4.74 Å². The lowest BCUT2D eigenvalue weighted by molar-refractivity contribution is -0.137. The number of nitrogens with zero attached hydrogens (tertiary/aromatic N) is 1. The van der Waals surface area contributed by atoms with Gasteiger partial charge in [0, 0.05) is 5.69 Å². The number of hydrogen-bond acceptors (Lipinski definition) is 4. The highest BCUT2D eigenvalue weighted by Crippen LogP contribution is 2.38. The summed E-state index contributed by atoms with van der Waals surface area (Å²) in [5, 5.41) is 2.48. The van der Waals surface area contributed by atoms with E-state index in [2.05, 4.69) is 5.32 Å². The van der Waals surface area contributed by atoms with Crippen molar-refractivity contribution in [3.05, 3.63) is 53.6 Å². The number of hydrogen-bond donors (Lipinski definition) is 1. The summed E-state index contributed by atoms with van der Waals surface area (Å²) in [6, 6.07) is 9.09. The van der Waals surface area contributed by atoms with Crippen LogP contribution in [-0.2, 0) is 26.4 Å². The van der Waals surface area contributed by atoms with Crippen molar-refractivity contribution in [2.24, 2.45) is 0 Å². The molecular formula is C21H23F3N2O4S. The molecule has 1 unspecified atom stereocenters. The number of carbonyl (C=O) groups is 1. The first-order valence-corrected chi connectivity index (χ1v) is 11.3. The molecule has 10 heteroatoms. The van der Waals surface area contributed by atoms with Gasteiger partial charge in [-0.3, -0.25) is 9.10 Å². The molecule has 6 nitrogen and oxygen atoms in total. The first-order valence-electron chi connectivity index (χ1n) is 9.43. The Kier molecular flexibility index (Phi) is 5.72. The molecule has 31 heavy (non-hydrogen) atoms. The van der Waals surface area contributed by atoms with E-state index >= 15 is 0 Å². The number of benzene rings is 2. The Labute approximate surface area is 179 Å². The highest BCUT2D eigenvalue weighted by Gasteiger charge is 2.36. The molecule has 1 aliphatic rings. The fraction of sp³-hybridized carbons (Fsp3) is 0.381. The van der Waals surface area contributed by atoms with Gasteiger partial charge in [0.15, 0.2) is 6.10 Å². The van der Waals surface area contributed by atoms with Gasteiger partial charge in [-0.2, -0.15) is 13.2 Å². The van der Waals surface area contributed by atoms with Crippen LogP contribution in [0.15, 0.2) is 42.5 Å². The Morgan fingerprint density at radius 2 is 1.65 bits per heavy atom. The van der Waals surface area contributed by atoms with Crippen LogP contribution in [0.1, 0.15) is 31.9 Å². The molecule has 2 aromatic rings. The predicted molar refractivity (Wildman–Crippen MR) is 112 cm³/mol. The smallest absolute Gasteiger partial charge is 0.416 e. The van der Waals surface area contributed by atoms with Gasteiger partial charge in [0.25, 0.3) is 5.91 Å². The molecule has 1 aliphatic heterocycles. The number of amides is 1. The van der Waals surface area contributed by atoms with Crippen molar-refractivity contribution in [2.75, 3.05) is 22.4 Å². The Hall–Kier alpha value is -2.75. The SMILES string of the molecule is CC(C)(C)c1ccc2c(c1)N(S(C)(=O)=O)CC(C(=O)Nc1ccc(C(F)(F)F)cc1)O2. The third kappa shape index (κ3) is 5.12. The van der Waals surface area contributed by atoms with Gasteiger partial charge in [-0.25, -0.2) is 8.42 Å². The van der Waals surface area contributed by atoms with Crippen molar-refractivity contribution in [1.29, 1.82) is 0 Å². The normalized spacial score (nSPS) is 17.0. The van der Waals surface area contributed by atoms with Gasteiger partial charge >= 0.3 is 6.18 Å². The average Bonchev–Trinajstić information content (AvgIpc) is 2.64. The predicted octanol–water partition coefficient (Wildman–Crippen LogP) is 4.17. The molecule has 0 fully saturated rings. The molecule has 0 aliphatic carbocycles. The van der Waals surface area contributed by atoms with Crippen LogP contribution in [-0.4, -0.2) is 33.2 Å². The monoisotopic (exact) mass is 456 g/mol. The third-order valence-corrected chi connectivity index (χ3v) is 6.01. The van der Waals surface area contributed by atoms with Crippen molar-refractivity contribution >= 4 is 27.3 Å². The van der Waals surface area contributed by atoms with E-state index < -0.39 is 33.8 Å². The first-order chi connectivity index (χ1) is 14.2. The second kappa shape index (κ2) is 7.74. The zero-order valence-electron chi connectivity index (χ0n) is 17.4. The van der Waals surface area contributed by atoms with E-state index in [0.717, 1.165) is 40.4 Å². The van der Waals surface area contributed by atoms with E-state index in [1.165, 1.54) is 0 Å². The Bertz CT molecular complexity index is 1090. The molecule has 168 valence electrons. The van der Waals surface area contributed by atoms with Crippen molar-refractivity contribution in [3.8, 4) is 5.75 Å². The quantitative estimate of drug-likeness (QED) is 0.752. The Morgan fingerprint density at radius 1 is 1.06 bits per heavy atom. The maximum absolute atomic E-state index is 12.7. The molecule has 0 aromatic heterocycles. The molecule has 0 bridgehead atoms. The molecular weight excluding hydrogens is 433 g/mol. The number of rotatable bonds is 3. The molecule has 1 amide bonds. The zero-order valence-corrected chi connectivity index (χ0v) is 18.3. The van der Waals surface area contributed by atoms with E-state index in [0.29, 0.717) is 5.69 Å². The van der Waals surface area contributed by atoms with Crippen LogP contribution >= 0.6 is 0 Å². The van der Waals surface area contributed by atoms with E-state index in [1.54, 1.807) is 18.2 Å². The molecule has 2 aromatic carbocycles. The summed E-state index contributed by atoms with van der Waals surface area (Å²) in [5.41, 5.74) is 0.312. The maximum atomic E-state index is 12.7. The number of sulfonamides is 1. The van der Waals surface area contributed by atoms with Crippen LogP contribution in [0.3, 0.4) is 0 Å². The summed E-state index contributed by atoms with van der Waals surface area (Å²) >= 11 is 0. The summed E-state index contributed by atoms with van der Waals surface area (Å²) in [6.07, 6.45) is -4.62. The second-order valence-corrected chi connectivity index (χ2v) is 10.3. The number of ether oxygens (including phenoxy) is 1. The summed E-state index contributed by atoms with van der Waals surface area (Å²) in [7, 11) is -3.71. The fourth-order valence-electron chi connectivity index (χ4n) is 3.13. The summed E-state index contributed by atoms with van der Waals surface area (Å²) in [6.45, 7) is 5.71. The average molecular weight is 456 g/mol. The largest absolute Gasteiger partial charge is 0.476 e. The topological polar surface area (TPSA) is 75.7 Å². The first kappa shape index (κ1) is 22.9.